The second-order valence-corrected chi connectivity index (χ2v) is 7.03. The number of halogens is 1. The molecule has 1 aliphatic rings. The lowest BCUT2D eigenvalue weighted by molar-refractivity contribution is -0.113. The monoisotopic (exact) mass is 408 g/mol. The summed E-state index contributed by atoms with van der Waals surface area (Å²) in [5.74, 6) is -0.594. The molecule has 1 fully saturated rings. The maximum atomic E-state index is 12.9. The average molecular weight is 409 g/mol. The molecule has 1 atom stereocenters. The van der Waals surface area contributed by atoms with Gasteiger partial charge in [-0.05, 0) is 31.2 Å². The molecule has 0 spiro atoms. The number of hydrogen-bond donors (Lipinski definition) is 0. The molecule has 29 heavy (non-hydrogen) atoms. The van der Waals surface area contributed by atoms with Crippen LogP contribution < -0.4 is 5.01 Å². The van der Waals surface area contributed by atoms with Crippen LogP contribution in [0.25, 0.3) is 11.3 Å². The number of nitrogens with zero attached hydrogens (tertiary/aromatic N) is 4. The SMILES string of the molecule is CC1C(=NC(=O)c2cc(-c3cccc(Cl)c3)on2)C(=O)N(c2ccccc2)N1C. The largest absolute Gasteiger partial charge is 0.355 e. The summed E-state index contributed by atoms with van der Waals surface area (Å²) in [6.07, 6.45) is 0. The molecule has 1 saturated heterocycles. The van der Waals surface area contributed by atoms with E-state index in [1.54, 1.807) is 36.3 Å². The highest BCUT2D eigenvalue weighted by Crippen LogP contribution is 2.26. The molecule has 1 aromatic heterocycles. The van der Waals surface area contributed by atoms with Crippen molar-refractivity contribution in [1.29, 1.82) is 0 Å². The van der Waals surface area contributed by atoms with E-state index in [4.69, 9.17) is 16.1 Å². The van der Waals surface area contributed by atoms with Gasteiger partial charge in [-0.25, -0.2) is 15.0 Å². The number of para-hydroxylation sites is 1. The predicted molar refractivity (Wildman–Crippen MR) is 110 cm³/mol. The molecule has 2 heterocycles. The maximum Gasteiger partial charge on any atom is 0.299 e. The molecule has 2 aromatic carbocycles. The summed E-state index contributed by atoms with van der Waals surface area (Å²) < 4.78 is 5.25. The number of hydrazine groups is 1. The number of benzene rings is 2. The van der Waals surface area contributed by atoms with Gasteiger partial charge in [-0.3, -0.25) is 9.59 Å². The van der Waals surface area contributed by atoms with Crippen molar-refractivity contribution in [2.75, 3.05) is 12.1 Å². The normalized spacial score (nSPS) is 18.6. The molecule has 7 nitrogen and oxygen atoms in total. The number of anilines is 1. The first-order valence-electron chi connectivity index (χ1n) is 8.93. The molecule has 0 N–H and O–H groups in total. The summed E-state index contributed by atoms with van der Waals surface area (Å²) in [5, 5.41) is 7.58. The topological polar surface area (TPSA) is 79.0 Å². The van der Waals surface area contributed by atoms with E-state index in [0.29, 0.717) is 22.0 Å². The van der Waals surface area contributed by atoms with E-state index < -0.39 is 5.91 Å². The van der Waals surface area contributed by atoms with E-state index in [0.717, 1.165) is 0 Å². The maximum absolute atomic E-state index is 12.9. The summed E-state index contributed by atoms with van der Waals surface area (Å²) in [5.41, 5.74) is 1.56. The van der Waals surface area contributed by atoms with Gasteiger partial charge in [-0.2, -0.15) is 0 Å². The number of carbonyl (C=O) groups excluding carboxylic acids is 2. The Morgan fingerprint density at radius 1 is 1.14 bits per heavy atom. The fraction of sp³-hybridized carbons (Fsp3) is 0.143. The van der Waals surface area contributed by atoms with E-state index in [9.17, 15) is 9.59 Å². The Hall–Kier alpha value is -3.29. The van der Waals surface area contributed by atoms with Crippen LogP contribution in [0.3, 0.4) is 0 Å². The van der Waals surface area contributed by atoms with Gasteiger partial charge < -0.3 is 4.52 Å². The second-order valence-electron chi connectivity index (χ2n) is 6.59. The minimum Gasteiger partial charge on any atom is -0.355 e. The van der Waals surface area contributed by atoms with Crippen molar-refractivity contribution in [2.24, 2.45) is 4.99 Å². The fourth-order valence-corrected chi connectivity index (χ4v) is 3.30. The molecule has 8 heteroatoms. The van der Waals surface area contributed by atoms with Crippen LogP contribution in [0.4, 0.5) is 5.69 Å². The van der Waals surface area contributed by atoms with Gasteiger partial charge in [0.25, 0.3) is 11.8 Å². The van der Waals surface area contributed by atoms with Crippen molar-refractivity contribution in [3.63, 3.8) is 0 Å². The smallest absolute Gasteiger partial charge is 0.299 e. The van der Waals surface area contributed by atoms with E-state index >= 15 is 0 Å². The van der Waals surface area contributed by atoms with Crippen molar-refractivity contribution >= 4 is 34.8 Å². The number of rotatable bonds is 3. The van der Waals surface area contributed by atoms with Crippen LogP contribution in [0.5, 0.6) is 0 Å². The lowest BCUT2D eigenvalue weighted by Crippen LogP contribution is -2.38. The molecule has 1 aliphatic heterocycles. The first kappa shape index (κ1) is 19.0. The average Bonchev–Trinajstić information content (AvgIpc) is 3.29. The number of aliphatic imine (C=N–C) groups is 1. The van der Waals surface area contributed by atoms with Crippen LogP contribution in [-0.2, 0) is 4.79 Å². The molecule has 1 unspecified atom stereocenters. The van der Waals surface area contributed by atoms with E-state index in [1.807, 2.05) is 37.3 Å². The molecule has 146 valence electrons. The van der Waals surface area contributed by atoms with Gasteiger partial charge in [0.15, 0.2) is 11.5 Å². The Bertz CT molecular complexity index is 1110. The van der Waals surface area contributed by atoms with Crippen molar-refractivity contribution in [2.45, 2.75) is 13.0 Å². The van der Waals surface area contributed by atoms with Gasteiger partial charge in [0, 0.05) is 23.7 Å². The Morgan fingerprint density at radius 3 is 2.62 bits per heavy atom. The first-order chi connectivity index (χ1) is 14.0. The summed E-state index contributed by atoms with van der Waals surface area (Å²) in [4.78, 5) is 29.6. The molecule has 0 saturated carbocycles. The molecule has 2 amide bonds. The fourth-order valence-electron chi connectivity index (χ4n) is 3.11. The molecule has 0 aliphatic carbocycles. The third-order valence-electron chi connectivity index (χ3n) is 4.74. The highest BCUT2D eigenvalue weighted by atomic mass is 35.5. The summed E-state index contributed by atoms with van der Waals surface area (Å²) in [7, 11) is 1.77. The number of carbonyl (C=O) groups is 2. The molecular formula is C21H17ClN4O3. The summed E-state index contributed by atoms with van der Waals surface area (Å²) >= 11 is 5.99. The minimum atomic E-state index is -0.638. The van der Waals surface area contributed by atoms with E-state index in [-0.39, 0.29) is 23.4 Å². The second kappa shape index (κ2) is 7.62. The standard InChI is InChI=1S/C21H17ClN4O3/c1-13-19(21(28)26(25(13)2)16-9-4-3-5-10-16)23-20(27)17-12-18(29-24-17)14-7-6-8-15(22)11-14/h3-13H,1-2H3. The number of amides is 2. The van der Waals surface area contributed by atoms with Crippen LogP contribution in [0.15, 0.2) is 70.2 Å². The van der Waals surface area contributed by atoms with Gasteiger partial charge in [-0.15, -0.1) is 0 Å². The lowest BCUT2D eigenvalue weighted by atomic mass is 10.1. The van der Waals surface area contributed by atoms with E-state index in [2.05, 4.69) is 10.1 Å². The third-order valence-corrected chi connectivity index (χ3v) is 4.98. The van der Waals surface area contributed by atoms with Crippen molar-refractivity contribution in [3.05, 3.63) is 71.4 Å². The molecule has 0 bridgehead atoms. The molecule has 0 radical (unpaired) electrons. The summed E-state index contributed by atoms with van der Waals surface area (Å²) in [6.45, 7) is 1.81. The highest BCUT2D eigenvalue weighted by molar-refractivity contribution is 6.48. The lowest BCUT2D eigenvalue weighted by Gasteiger charge is -2.25. The Balaban J connectivity index is 1.61. The summed E-state index contributed by atoms with van der Waals surface area (Å²) in [6, 6.07) is 17.3. The predicted octanol–water partition coefficient (Wildman–Crippen LogP) is 3.86. The Kier molecular flexibility index (Phi) is 5.00. The zero-order chi connectivity index (χ0) is 20.5. The number of hydrogen-bond acceptors (Lipinski definition) is 5. The Labute approximate surface area is 172 Å². The van der Waals surface area contributed by atoms with E-state index in [1.165, 1.54) is 11.1 Å². The number of aromatic nitrogens is 1. The quantitative estimate of drug-likeness (QED) is 0.657. The van der Waals surface area contributed by atoms with Gasteiger partial charge >= 0.3 is 0 Å². The van der Waals surface area contributed by atoms with Crippen LogP contribution in [0, 0.1) is 0 Å². The van der Waals surface area contributed by atoms with Crippen molar-refractivity contribution < 1.29 is 14.1 Å². The van der Waals surface area contributed by atoms with Crippen molar-refractivity contribution in [3.8, 4) is 11.3 Å². The van der Waals surface area contributed by atoms with Crippen LogP contribution >= 0.6 is 11.6 Å². The molecular weight excluding hydrogens is 392 g/mol. The first-order valence-corrected chi connectivity index (χ1v) is 9.31. The van der Waals surface area contributed by atoms with Crippen LogP contribution in [0.1, 0.15) is 17.4 Å². The Morgan fingerprint density at radius 2 is 1.90 bits per heavy atom. The van der Waals surface area contributed by atoms with Crippen LogP contribution in [0.2, 0.25) is 5.02 Å². The highest BCUT2D eigenvalue weighted by Gasteiger charge is 2.40. The molecule has 4 rings (SSSR count). The zero-order valence-corrected chi connectivity index (χ0v) is 16.5. The molecule has 3 aromatic rings. The minimum absolute atomic E-state index is 0.0216. The zero-order valence-electron chi connectivity index (χ0n) is 15.7. The van der Waals surface area contributed by atoms with Crippen LogP contribution in [-0.4, -0.2) is 40.8 Å². The van der Waals surface area contributed by atoms with Gasteiger partial charge in [0.1, 0.15) is 5.71 Å². The third kappa shape index (κ3) is 3.57. The van der Waals surface area contributed by atoms with Gasteiger partial charge in [0.05, 0.1) is 11.7 Å². The van der Waals surface area contributed by atoms with Gasteiger partial charge in [0.2, 0.25) is 0 Å². The van der Waals surface area contributed by atoms with Crippen molar-refractivity contribution in [1.82, 2.24) is 10.2 Å². The van der Waals surface area contributed by atoms with Gasteiger partial charge in [-0.1, -0.05) is 47.1 Å².